The van der Waals surface area contributed by atoms with E-state index in [1.165, 1.54) is 6.92 Å². The molecule has 0 radical (unpaired) electrons. The van der Waals surface area contributed by atoms with Crippen molar-refractivity contribution in [1.29, 1.82) is 0 Å². The average molecular weight is 397 g/mol. The van der Waals surface area contributed by atoms with Crippen molar-refractivity contribution >= 4 is 29.1 Å². The highest BCUT2D eigenvalue weighted by molar-refractivity contribution is 6.03. The molecule has 1 spiro atoms. The van der Waals surface area contributed by atoms with Crippen molar-refractivity contribution in [3.8, 4) is 0 Å². The minimum absolute atomic E-state index is 0.0897. The summed E-state index contributed by atoms with van der Waals surface area (Å²) in [5.74, 6) is -0.849. The van der Waals surface area contributed by atoms with E-state index in [4.69, 9.17) is 4.74 Å². The van der Waals surface area contributed by atoms with Crippen molar-refractivity contribution < 1.29 is 19.1 Å². The number of rotatable bonds is 6. The third-order valence-corrected chi connectivity index (χ3v) is 5.92. The number of amides is 3. The molecule has 7 heteroatoms. The molecule has 3 amide bonds. The Labute approximate surface area is 170 Å². The summed E-state index contributed by atoms with van der Waals surface area (Å²) in [6, 6.07) is 7.13. The van der Waals surface area contributed by atoms with E-state index in [2.05, 4.69) is 24.5 Å². The number of fused-ring (bicyclic) bond motifs is 1. The molecule has 0 saturated carbocycles. The van der Waals surface area contributed by atoms with Crippen LogP contribution in [0.2, 0.25) is 0 Å². The molecule has 3 aliphatic heterocycles. The molecule has 2 fully saturated rings. The Kier molecular flexibility index (Phi) is 4.94. The van der Waals surface area contributed by atoms with Crippen LogP contribution in [0.3, 0.4) is 0 Å². The normalized spacial score (nSPS) is 29.4. The first-order valence-electron chi connectivity index (χ1n) is 10.1. The van der Waals surface area contributed by atoms with Gasteiger partial charge in [0.2, 0.25) is 17.7 Å². The monoisotopic (exact) mass is 397 g/mol. The lowest BCUT2D eigenvalue weighted by Crippen LogP contribution is -2.44. The van der Waals surface area contributed by atoms with Crippen LogP contribution in [0.5, 0.6) is 0 Å². The Morgan fingerprint density at radius 3 is 2.66 bits per heavy atom. The van der Waals surface area contributed by atoms with Crippen LogP contribution in [-0.4, -0.2) is 42.5 Å². The van der Waals surface area contributed by atoms with Crippen molar-refractivity contribution in [2.45, 2.75) is 38.9 Å². The number of benzene rings is 1. The Morgan fingerprint density at radius 1 is 1.28 bits per heavy atom. The fourth-order valence-electron chi connectivity index (χ4n) is 4.55. The van der Waals surface area contributed by atoms with E-state index >= 15 is 0 Å². The van der Waals surface area contributed by atoms with Crippen molar-refractivity contribution in [2.24, 2.45) is 17.8 Å². The van der Waals surface area contributed by atoms with Gasteiger partial charge in [0.05, 0.1) is 24.5 Å². The predicted octanol–water partition coefficient (Wildman–Crippen LogP) is 2.09. The van der Waals surface area contributed by atoms with Crippen LogP contribution >= 0.6 is 0 Å². The molecular formula is C22H27N3O4. The lowest BCUT2D eigenvalue weighted by Gasteiger charge is -2.23. The number of anilines is 2. The fraction of sp³-hybridized carbons (Fsp3) is 0.500. The van der Waals surface area contributed by atoms with E-state index in [0.29, 0.717) is 24.7 Å². The number of hydrogen-bond acceptors (Lipinski definition) is 4. The minimum atomic E-state index is -0.738. The summed E-state index contributed by atoms with van der Waals surface area (Å²) < 4.78 is 6.15. The van der Waals surface area contributed by atoms with E-state index in [0.717, 1.165) is 12.1 Å². The molecule has 0 aliphatic carbocycles. The van der Waals surface area contributed by atoms with Gasteiger partial charge in [0, 0.05) is 24.8 Å². The first-order valence-corrected chi connectivity index (χ1v) is 10.1. The maximum absolute atomic E-state index is 13.3. The highest BCUT2D eigenvalue weighted by atomic mass is 16.5. The lowest BCUT2D eigenvalue weighted by molar-refractivity contribution is -0.131. The standard InChI is InChI=1S/C22H27N3O4/c1-13(2)9-11-23-20(27)18-17-8-10-22(29-17)12-25(21(28)19(18)22)16-6-4-15(5-7-16)24-14(3)26/h4-8,10,13,17-19H,9,11-12H2,1-3H3,(H,23,27)(H,24,26)/t17-,18?,19+,22-/m0/s1. The first-order chi connectivity index (χ1) is 13.8. The average Bonchev–Trinajstić information content (AvgIpc) is 3.30. The molecule has 3 heterocycles. The van der Waals surface area contributed by atoms with E-state index in [1.807, 2.05) is 12.2 Å². The molecule has 4 atom stereocenters. The Hall–Kier alpha value is -2.67. The number of carbonyl (C=O) groups excluding carboxylic acids is 3. The Morgan fingerprint density at radius 2 is 2.00 bits per heavy atom. The SMILES string of the molecule is CC(=O)Nc1ccc(N2C[C@]34C=C[C@H](O3)C(C(=O)NCCC(C)C)[C@@H]4C2=O)cc1. The maximum atomic E-state index is 13.3. The summed E-state index contributed by atoms with van der Waals surface area (Å²) in [6.07, 6.45) is 4.42. The van der Waals surface area contributed by atoms with Gasteiger partial charge in [-0.15, -0.1) is 0 Å². The summed E-state index contributed by atoms with van der Waals surface area (Å²) in [4.78, 5) is 39.0. The summed E-state index contributed by atoms with van der Waals surface area (Å²) in [5.41, 5.74) is 0.663. The van der Waals surface area contributed by atoms with E-state index in [1.54, 1.807) is 29.2 Å². The number of carbonyl (C=O) groups is 3. The zero-order chi connectivity index (χ0) is 20.8. The number of hydrogen-bond donors (Lipinski definition) is 2. The smallest absolute Gasteiger partial charge is 0.234 e. The predicted molar refractivity (Wildman–Crippen MR) is 109 cm³/mol. The van der Waals surface area contributed by atoms with Crippen LogP contribution < -0.4 is 15.5 Å². The zero-order valence-electron chi connectivity index (χ0n) is 17.0. The van der Waals surface area contributed by atoms with Gasteiger partial charge in [0.15, 0.2) is 0 Å². The van der Waals surface area contributed by atoms with Gasteiger partial charge in [-0.3, -0.25) is 14.4 Å². The molecule has 0 aromatic heterocycles. The summed E-state index contributed by atoms with van der Waals surface area (Å²) >= 11 is 0. The third kappa shape index (κ3) is 3.44. The molecule has 1 aromatic carbocycles. The number of nitrogens with zero attached hydrogens (tertiary/aromatic N) is 1. The maximum Gasteiger partial charge on any atom is 0.234 e. The van der Waals surface area contributed by atoms with E-state index in [9.17, 15) is 14.4 Å². The van der Waals surface area contributed by atoms with Crippen LogP contribution in [0.15, 0.2) is 36.4 Å². The second-order valence-electron chi connectivity index (χ2n) is 8.53. The molecule has 29 heavy (non-hydrogen) atoms. The van der Waals surface area contributed by atoms with Crippen LogP contribution in [0.4, 0.5) is 11.4 Å². The van der Waals surface area contributed by atoms with E-state index < -0.39 is 17.4 Å². The van der Waals surface area contributed by atoms with Crippen molar-refractivity contribution in [2.75, 3.05) is 23.3 Å². The highest BCUT2D eigenvalue weighted by Gasteiger charge is 2.67. The van der Waals surface area contributed by atoms with Gasteiger partial charge < -0.3 is 20.3 Å². The van der Waals surface area contributed by atoms with Crippen LogP contribution in [0.25, 0.3) is 0 Å². The van der Waals surface area contributed by atoms with Gasteiger partial charge in [-0.25, -0.2) is 0 Å². The summed E-state index contributed by atoms with van der Waals surface area (Å²) in [7, 11) is 0. The Balaban J connectivity index is 1.52. The molecule has 1 aromatic rings. The van der Waals surface area contributed by atoms with Crippen LogP contribution in [0.1, 0.15) is 27.2 Å². The number of nitrogens with one attached hydrogen (secondary N) is 2. The highest BCUT2D eigenvalue weighted by Crippen LogP contribution is 2.52. The largest absolute Gasteiger partial charge is 0.360 e. The zero-order valence-corrected chi connectivity index (χ0v) is 17.0. The van der Waals surface area contributed by atoms with Crippen molar-refractivity contribution in [3.63, 3.8) is 0 Å². The minimum Gasteiger partial charge on any atom is -0.360 e. The van der Waals surface area contributed by atoms with Crippen molar-refractivity contribution in [1.82, 2.24) is 5.32 Å². The third-order valence-electron chi connectivity index (χ3n) is 5.92. The molecule has 4 rings (SSSR count). The first kappa shape index (κ1) is 19.6. The molecule has 7 nitrogen and oxygen atoms in total. The Bertz CT molecular complexity index is 863. The summed E-state index contributed by atoms with van der Waals surface area (Å²) in [6.45, 7) is 6.66. The molecule has 2 bridgehead atoms. The number of ether oxygens (including phenoxy) is 1. The van der Waals surface area contributed by atoms with Crippen molar-refractivity contribution in [3.05, 3.63) is 36.4 Å². The molecule has 2 N–H and O–H groups in total. The fourth-order valence-corrected chi connectivity index (χ4v) is 4.55. The quantitative estimate of drug-likeness (QED) is 0.720. The second-order valence-corrected chi connectivity index (χ2v) is 8.53. The lowest BCUT2D eigenvalue weighted by atomic mass is 9.77. The second kappa shape index (κ2) is 7.30. The van der Waals surface area contributed by atoms with Gasteiger partial charge in [-0.05, 0) is 36.6 Å². The van der Waals surface area contributed by atoms with Gasteiger partial charge in [-0.1, -0.05) is 26.0 Å². The van der Waals surface area contributed by atoms with Gasteiger partial charge >= 0.3 is 0 Å². The molecular weight excluding hydrogens is 370 g/mol. The summed E-state index contributed by atoms with van der Waals surface area (Å²) in [5, 5.41) is 5.70. The molecule has 1 unspecified atom stereocenters. The topological polar surface area (TPSA) is 87.7 Å². The van der Waals surface area contributed by atoms with Gasteiger partial charge in [0.1, 0.15) is 5.60 Å². The molecule has 2 saturated heterocycles. The molecule has 3 aliphatic rings. The van der Waals surface area contributed by atoms with Crippen LogP contribution in [-0.2, 0) is 19.1 Å². The van der Waals surface area contributed by atoms with Gasteiger partial charge in [0.25, 0.3) is 0 Å². The molecule has 154 valence electrons. The van der Waals surface area contributed by atoms with Gasteiger partial charge in [-0.2, -0.15) is 0 Å². The van der Waals surface area contributed by atoms with Crippen LogP contribution in [0, 0.1) is 17.8 Å². The van der Waals surface area contributed by atoms with E-state index in [-0.39, 0.29) is 23.8 Å².